The third-order valence-corrected chi connectivity index (χ3v) is 4.70. The molecule has 3 amide bonds. The molecule has 28 heavy (non-hydrogen) atoms. The van der Waals surface area contributed by atoms with Crippen molar-refractivity contribution in [2.45, 2.75) is 51.3 Å². The summed E-state index contributed by atoms with van der Waals surface area (Å²) in [5.74, 6) is -0.665. The molecule has 154 valence electrons. The molecule has 2 rings (SSSR count). The Morgan fingerprint density at radius 1 is 1.29 bits per heavy atom. The van der Waals surface area contributed by atoms with Gasteiger partial charge in [-0.15, -0.1) is 0 Å². The molecule has 1 unspecified atom stereocenters. The monoisotopic (exact) mass is 391 g/mol. The van der Waals surface area contributed by atoms with Crippen LogP contribution in [-0.4, -0.2) is 48.2 Å². The predicted molar refractivity (Wildman–Crippen MR) is 103 cm³/mol. The lowest BCUT2D eigenvalue weighted by Gasteiger charge is -2.23. The Balaban J connectivity index is 1.85. The fraction of sp³-hybridized carbons (Fsp3) is 0.550. The van der Waals surface area contributed by atoms with Crippen LogP contribution in [0.3, 0.4) is 0 Å². The van der Waals surface area contributed by atoms with E-state index in [9.17, 15) is 19.5 Å². The van der Waals surface area contributed by atoms with Gasteiger partial charge in [-0.3, -0.25) is 9.59 Å². The summed E-state index contributed by atoms with van der Waals surface area (Å²) in [7, 11) is 0. The van der Waals surface area contributed by atoms with Crippen LogP contribution in [0.5, 0.6) is 0 Å². The van der Waals surface area contributed by atoms with Crippen molar-refractivity contribution in [2.75, 3.05) is 13.2 Å². The third kappa shape index (κ3) is 6.84. The maximum Gasteiger partial charge on any atom is 0.408 e. The topological polar surface area (TPSA) is 117 Å². The highest BCUT2D eigenvalue weighted by Crippen LogP contribution is 2.16. The summed E-state index contributed by atoms with van der Waals surface area (Å²) in [6.07, 6.45) is 1.51. The van der Waals surface area contributed by atoms with Crippen LogP contribution in [0.25, 0.3) is 0 Å². The summed E-state index contributed by atoms with van der Waals surface area (Å²) < 4.78 is 5.18. The maximum atomic E-state index is 12.6. The number of ether oxygens (including phenoxy) is 1. The van der Waals surface area contributed by atoms with Crippen molar-refractivity contribution in [1.82, 2.24) is 16.0 Å². The van der Waals surface area contributed by atoms with Crippen molar-refractivity contribution in [3.8, 4) is 0 Å². The second-order valence-corrected chi connectivity index (χ2v) is 6.95. The molecule has 1 aromatic carbocycles. The van der Waals surface area contributed by atoms with Crippen LogP contribution in [0.4, 0.5) is 4.79 Å². The van der Waals surface area contributed by atoms with Gasteiger partial charge in [0.25, 0.3) is 0 Å². The molecule has 1 aromatic rings. The zero-order chi connectivity index (χ0) is 20.4. The Labute approximate surface area is 165 Å². The lowest BCUT2D eigenvalue weighted by molar-refractivity contribution is -0.126. The van der Waals surface area contributed by atoms with Gasteiger partial charge in [-0.25, -0.2) is 4.79 Å². The number of hydrogen-bond donors (Lipinski definition) is 4. The van der Waals surface area contributed by atoms with E-state index >= 15 is 0 Å². The fourth-order valence-corrected chi connectivity index (χ4v) is 3.16. The molecule has 8 nitrogen and oxygen atoms in total. The largest absolute Gasteiger partial charge is 0.445 e. The van der Waals surface area contributed by atoms with Gasteiger partial charge in [0.2, 0.25) is 11.8 Å². The SMILES string of the molecule is CCC[C@H](NC(=O)OCc1ccccc1)C(=O)N[C@H](CO)CC1CCNC1=O. The standard InChI is InChI=1S/C20H29N3O5/c1-2-6-17(23-20(27)28-13-14-7-4-3-5-8-14)19(26)22-16(12-24)11-15-9-10-21-18(15)25/h3-5,7-8,15-17,24H,2,6,9-13H2,1H3,(H,21,25)(H,22,26)(H,23,27)/t15?,16-,17-/m0/s1. The molecule has 1 aliphatic rings. The minimum absolute atomic E-state index is 0.0552. The molecule has 1 heterocycles. The smallest absolute Gasteiger partial charge is 0.408 e. The van der Waals surface area contributed by atoms with Gasteiger partial charge in [-0.2, -0.15) is 0 Å². The first-order chi connectivity index (χ1) is 13.5. The number of aliphatic hydroxyl groups excluding tert-OH is 1. The van der Waals surface area contributed by atoms with Crippen LogP contribution in [0, 0.1) is 5.92 Å². The summed E-state index contributed by atoms with van der Waals surface area (Å²) in [4.78, 5) is 36.3. The number of amides is 3. The lowest BCUT2D eigenvalue weighted by Crippen LogP contribution is -2.51. The fourth-order valence-electron chi connectivity index (χ4n) is 3.16. The molecule has 0 saturated carbocycles. The van der Waals surface area contributed by atoms with Crippen molar-refractivity contribution in [1.29, 1.82) is 0 Å². The predicted octanol–water partition coefficient (Wildman–Crippen LogP) is 1.08. The first-order valence-corrected chi connectivity index (χ1v) is 9.69. The average molecular weight is 391 g/mol. The molecule has 0 aromatic heterocycles. The molecular weight excluding hydrogens is 362 g/mol. The highest BCUT2D eigenvalue weighted by Gasteiger charge is 2.29. The van der Waals surface area contributed by atoms with Gasteiger partial charge >= 0.3 is 6.09 Å². The Bertz CT molecular complexity index is 653. The Morgan fingerprint density at radius 3 is 2.64 bits per heavy atom. The molecular formula is C20H29N3O5. The molecule has 1 saturated heterocycles. The highest BCUT2D eigenvalue weighted by molar-refractivity contribution is 5.86. The van der Waals surface area contributed by atoms with Crippen molar-refractivity contribution in [3.05, 3.63) is 35.9 Å². The van der Waals surface area contributed by atoms with Crippen LogP contribution in [0.2, 0.25) is 0 Å². The molecule has 3 atom stereocenters. The average Bonchev–Trinajstić information content (AvgIpc) is 3.10. The lowest BCUT2D eigenvalue weighted by atomic mass is 9.98. The number of hydrogen-bond acceptors (Lipinski definition) is 5. The van der Waals surface area contributed by atoms with Crippen LogP contribution in [-0.2, 0) is 20.9 Å². The van der Waals surface area contributed by atoms with E-state index in [0.717, 1.165) is 5.56 Å². The molecule has 0 spiro atoms. The van der Waals surface area contributed by atoms with E-state index in [1.54, 1.807) is 0 Å². The molecule has 1 fully saturated rings. The number of rotatable bonds is 10. The first kappa shape index (κ1) is 21.7. The number of alkyl carbamates (subject to hydrolysis) is 1. The number of benzene rings is 1. The molecule has 8 heteroatoms. The summed E-state index contributed by atoms with van der Waals surface area (Å²) in [6.45, 7) is 2.36. The van der Waals surface area contributed by atoms with E-state index in [0.29, 0.717) is 32.2 Å². The molecule has 0 radical (unpaired) electrons. The van der Waals surface area contributed by atoms with Gasteiger partial charge in [0.05, 0.1) is 12.6 Å². The normalized spacial score (nSPS) is 18.1. The Kier molecular flexibility index (Phi) is 8.74. The van der Waals surface area contributed by atoms with Gasteiger partial charge in [0.1, 0.15) is 12.6 Å². The van der Waals surface area contributed by atoms with Crippen molar-refractivity contribution in [2.24, 2.45) is 5.92 Å². The van der Waals surface area contributed by atoms with Gasteiger partial charge in [0.15, 0.2) is 0 Å². The van der Waals surface area contributed by atoms with Gasteiger partial charge < -0.3 is 25.8 Å². The number of aliphatic hydroxyl groups is 1. The first-order valence-electron chi connectivity index (χ1n) is 9.69. The van der Waals surface area contributed by atoms with Crippen LogP contribution in [0.15, 0.2) is 30.3 Å². The van der Waals surface area contributed by atoms with E-state index in [1.807, 2.05) is 37.3 Å². The minimum Gasteiger partial charge on any atom is -0.445 e. The number of carbonyl (C=O) groups excluding carboxylic acids is 3. The molecule has 0 bridgehead atoms. The van der Waals surface area contributed by atoms with Crippen LogP contribution >= 0.6 is 0 Å². The quantitative estimate of drug-likeness (QED) is 0.476. The third-order valence-electron chi connectivity index (χ3n) is 4.70. The molecule has 0 aliphatic carbocycles. The number of carbonyl (C=O) groups is 3. The summed E-state index contributed by atoms with van der Waals surface area (Å²) >= 11 is 0. The van der Waals surface area contributed by atoms with Crippen molar-refractivity contribution < 1.29 is 24.2 Å². The second kappa shape index (κ2) is 11.3. The van der Waals surface area contributed by atoms with Crippen molar-refractivity contribution in [3.63, 3.8) is 0 Å². The van der Waals surface area contributed by atoms with E-state index in [4.69, 9.17) is 4.74 Å². The second-order valence-electron chi connectivity index (χ2n) is 6.95. The van der Waals surface area contributed by atoms with E-state index in [2.05, 4.69) is 16.0 Å². The zero-order valence-corrected chi connectivity index (χ0v) is 16.1. The van der Waals surface area contributed by atoms with E-state index < -0.39 is 24.1 Å². The molecule has 4 N–H and O–H groups in total. The summed E-state index contributed by atoms with van der Waals surface area (Å²) in [5, 5.41) is 17.6. The van der Waals surface area contributed by atoms with Crippen LogP contribution < -0.4 is 16.0 Å². The Hall–Kier alpha value is -2.61. The maximum absolute atomic E-state index is 12.6. The Morgan fingerprint density at radius 2 is 2.04 bits per heavy atom. The minimum atomic E-state index is -0.764. The summed E-state index contributed by atoms with van der Waals surface area (Å²) in [6, 6.07) is 7.95. The van der Waals surface area contributed by atoms with Crippen molar-refractivity contribution >= 4 is 17.9 Å². The van der Waals surface area contributed by atoms with Crippen LogP contribution in [0.1, 0.15) is 38.2 Å². The summed E-state index contributed by atoms with van der Waals surface area (Å²) in [5.41, 5.74) is 0.851. The van der Waals surface area contributed by atoms with Gasteiger partial charge in [0, 0.05) is 12.5 Å². The number of nitrogens with one attached hydrogen (secondary N) is 3. The van der Waals surface area contributed by atoms with E-state index in [-0.39, 0.29) is 25.0 Å². The zero-order valence-electron chi connectivity index (χ0n) is 16.1. The van der Waals surface area contributed by atoms with Gasteiger partial charge in [-0.05, 0) is 24.8 Å². The highest BCUT2D eigenvalue weighted by atomic mass is 16.5. The molecule has 1 aliphatic heterocycles. The van der Waals surface area contributed by atoms with Gasteiger partial charge in [-0.1, -0.05) is 43.7 Å². The van der Waals surface area contributed by atoms with E-state index in [1.165, 1.54) is 0 Å².